The Morgan fingerprint density at radius 2 is 2.18 bits per heavy atom. The first-order chi connectivity index (χ1) is 10.1. The normalized spacial score (nSPS) is 12.6. The summed E-state index contributed by atoms with van der Waals surface area (Å²) in [6.07, 6.45) is 2.81. The largest absolute Gasteiger partial charge is 0.354 e. The minimum absolute atomic E-state index is 0. The summed E-state index contributed by atoms with van der Waals surface area (Å²) >= 11 is 1.85. The van der Waals surface area contributed by atoms with Gasteiger partial charge in [0.15, 0.2) is 5.96 Å². The Labute approximate surface area is 153 Å². The molecule has 22 heavy (non-hydrogen) atoms. The second kappa shape index (κ2) is 9.14. The lowest BCUT2D eigenvalue weighted by atomic mass is 10.2. The lowest BCUT2D eigenvalue weighted by molar-refractivity contribution is 0.634. The number of thiophene rings is 1. The SMILES string of the molecule is CN=C(NCc1ccnn1C)NC(C)Cc1ccc(C)s1.I. The first kappa shape index (κ1) is 19.0. The summed E-state index contributed by atoms with van der Waals surface area (Å²) < 4.78 is 1.86. The Morgan fingerprint density at radius 3 is 2.73 bits per heavy atom. The maximum absolute atomic E-state index is 4.27. The topological polar surface area (TPSA) is 54.2 Å². The molecule has 0 aliphatic carbocycles. The smallest absolute Gasteiger partial charge is 0.191 e. The van der Waals surface area contributed by atoms with E-state index < -0.39 is 0 Å². The molecule has 0 aliphatic heterocycles. The average molecular weight is 433 g/mol. The van der Waals surface area contributed by atoms with E-state index in [0.717, 1.165) is 18.1 Å². The monoisotopic (exact) mass is 433 g/mol. The number of aliphatic imine (C=N–C) groups is 1. The van der Waals surface area contributed by atoms with Crippen LogP contribution < -0.4 is 10.6 Å². The van der Waals surface area contributed by atoms with Gasteiger partial charge in [0.05, 0.1) is 12.2 Å². The molecule has 0 saturated carbocycles. The minimum atomic E-state index is 0. The van der Waals surface area contributed by atoms with Gasteiger partial charge in [-0.3, -0.25) is 9.67 Å². The lowest BCUT2D eigenvalue weighted by Gasteiger charge is -2.17. The van der Waals surface area contributed by atoms with Crippen molar-refractivity contribution in [3.63, 3.8) is 0 Å². The highest BCUT2D eigenvalue weighted by atomic mass is 127. The van der Waals surface area contributed by atoms with Gasteiger partial charge in [0.1, 0.15) is 0 Å². The number of halogens is 1. The number of rotatable bonds is 5. The maximum atomic E-state index is 4.27. The van der Waals surface area contributed by atoms with Crippen LogP contribution in [0.2, 0.25) is 0 Å². The minimum Gasteiger partial charge on any atom is -0.354 e. The van der Waals surface area contributed by atoms with Crippen LogP contribution in [0.3, 0.4) is 0 Å². The van der Waals surface area contributed by atoms with Crippen molar-refractivity contribution >= 4 is 41.3 Å². The van der Waals surface area contributed by atoms with Crippen LogP contribution in [0, 0.1) is 6.92 Å². The van der Waals surface area contributed by atoms with E-state index >= 15 is 0 Å². The van der Waals surface area contributed by atoms with Crippen LogP contribution in [-0.2, 0) is 20.0 Å². The molecule has 0 spiro atoms. The van der Waals surface area contributed by atoms with Gasteiger partial charge >= 0.3 is 0 Å². The van der Waals surface area contributed by atoms with E-state index in [1.165, 1.54) is 9.75 Å². The summed E-state index contributed by atoms with van der Waals surface area (Å²) in [5, 5.41) is 10.9. The number of guanidine groups is 1. The van der Waals surface area contributed by atoms with Crippen LogP contribution in [0.5, 0.6) is 0 Å². The fourth-order valence-corrected chi connectivity index (χ4v) is 3.14. The van der Waals surface area contributed by atoms with Gasteiger partial charge in [0.25, 0.3) is 0 Å². The third kappa shape index (κ3) is 5.60. The molecule has 0 bridgehead atoms. The van der Waals surface area contributed by atoms with Crippen LogP contribution >= 0.6 is 35.3 Å². The lowest BCUT2D eigenvalue weighted by Crippen LogP contribution is -2.42. The van der Waals surface area contributed by atoms with Crippen LogP contribution in [0.4, 0.5) is 0 Å². The molecule has 2 aromatic rings. The van der Waals surface area contributed by atoms with Crippen molar-refractivity contribution in [3.05, 3.63) is 39.8 Å². The van der Waals surface area contributed by atoms with Crippen molar-refractivity contribution < 1.29 is 0 Å². The molecule has 2 N–H and O–H groups in total. The molecule has 1 unspecified atom stereocenters. The van der Waals surface area contributed by atoms with Crippen molar-refractivity contribution in [1.29, 1.82) is 0 Å². The van der Waals surface area contributed by atoms with Crippen molar-refractivity contribution in [1.82, 2.24) is 20.4 Å². The number of hydrogen-bond donors (Lipinski definition) is 2. The third-order valence-corrected chi connectivity index (χ3v) is 4.29. The van der Waals surface area contributed by atoms with Crippen LogP contribution in [0.25, 0.3) is 0 Å². The van der Waals surface area contributed by atoms with Crippen molar-refractivity contribution in [2.45, 2.75) is 32.9 Å². The molecule has 7 heteroatoms. The van der Waals surface area contributed by atoms with E-state index in [2.05, 4.69) is 46.7 Å². The first-order valence-corrected chi connectivity index (χ1v) is 7.89. The quantitative estimate of drug-likeness (QED) is 0.433. The van der Waals surface area contributed by atoms with Gasteiger partial charge in [-0.15, -0.1) is 35.3 Å². The van der Waals surface area contributed by atoms with E-state index in [4.69, 9.17) is 0 Å². The Bertz CT molecular complexity index is 605. The Morgan fingerprint density at radius 1 is 1.41 bits per heavy atom. The zero-order valence-corrected chi connectivity index (χ0v) is 16.6. The molecule has 1 atom stereocenters. The first-order valence-electron chi connectivity index (χ1n) is 7.08. The summed E-state index contributed by atoms with van der Waals surface area (Å²) in [5.74, 6) is 0.817. The summed E-state index contributed by atoms with van der Waals surface area (Å²) in [6, 6.07) is 6.70. The highest BCUT2D eigenvalue weighted by Crippen LogP contribution is 2.16. The van der Waals surface area contributed by atoms with Gasteiger partial charge in [-0.25, -0.2) is 0 Å². The molecule has 0 radical (unpaired) electrons. The van der Waals surface area contributed by atoms with Crippen LogP contribution in [0.15, 0.2) is 29.4 Å². The van der Waals surface area contributed by atoms with Gasteiger partial charge < -0.3 is 10.6 Å². The number of nitrogens with one attached hydrogen (secondary N) is 2. The summed E-state index contributed by atoms with van der Waals surface area (Å²) in [7, 11) is 3.73. The second-order valence-electron chi connectivity index (χ2n) is 5.13. The fourth-order valence-electron chi connectivity index (χ4n) is 2.12. The molecule has 0 fully saturated rings. The molecular weight excluding hydrogens is 409 g/mol. The summed E-state index contributed by atoms with van der Waals surface area (Å²) in [5.41, 5.74) is 1.12. The maximum Gasteiger partial charge on any atom is 0.191 e. The number of aryl methyl sites for hydroxylation is 2. The van der Waals surface area contributed by atoms with E-state index in [9.17, 15) is 0 Å². The summed E-state index contributed by atoms with van der Waals surface area (Å²) in [6.45, 7) is 5.02. The average Bonchev–Trinajstić information content (AvgIpc) is 3.03. The van der Waals surface area contributed by atoms with Crippen molar-refractivity contribution in [2.75, 3.05) is 7.05 Å². The molecule has 2 rings (SSSR count). The molecule has 0 aromatic carbocycles. The molecule has 122 valence electrons. The molecular formula is C15H24IN5S. The van der Waals surface area contributed by atoms with E-state index in [1.54, 1.807) is 13.2 Å². The van der Waals surface area contributed by atoms with Crippen LogP contribution in [0.1, 0.15) is 22.4 Å². The molecule has 5 nitrogen and oxygen atoms in total. The predicted octanol–water partition coefficient (Wildman–Crippen LogP) is 2.70. The van der Waals surface area contributed by atoms with Gasteiger partial charge in [-0.1, -0.05) is 0 Å². The molecule has 0 amide bonds. The molecule has 2 aromatic heterocycles. The van der Waals surface area contributed by atoms with Gasteiger partial charge in [0.2, 0.25) is 0 Å². The van der Waals surface area contributed by atoms with Gasteiger partial charge in [0, 0.05) is 42.5 Å². The van der Waals surface area contributed by atoms with E-state index in [0.29, 0.717) is 12.6 Å². The number of aromatic nitrogens is 2. The zero-order chi connectivity index (χ0) is 15.2. The molecule has 0 saturated heterocycles. The number of hydrogen-bond acceptors (Lipinski definition) is 3. The zero-order valence-electron chi connectivity index (χ0n) is 13.5. The highest BCUT2D eigenvalue weighted by Gasteiger charge is 2.08. The van der Waals surface area contributed by atoms with Gasteiger partial charge in [-0.05, 0) is 32.0 Å². The summed E-state index contributed by atoms with van der Waals surface area (Å²) in [4.78, 5) is 7.03. The van der Waals surface area contributed by atoms with E-state index in [-0.39, 0.29) is 24.0 Å². The third-order valence-electron chi connectivity index (χ3n) is 3.27. The Hall–Kier alpha value is -1.09. The number of nitrogens with zero attached hydrogens (tertiary/aromatic N) is 3. The van der Waals surface area contributed by atoms with Crippen LogP contribution in [-0.4, -0.2) is 28.8 Å². The van der Waals surface area contributed by atoms with Crippen molar-refractivity contribution in [2.24, 2.45) is 12.0 Å². The highest BCUT2D eigenvalue weighted by molar-refractivity contribution is 14.0. The van der Waals surface area contributed by atoms with Gasteiger partial charge in [-0.2, -0.15) is 5.10 Å². The van der Waals surface area contributed by atoms with E-state index in [1.807, 2.05) is 29.1 Å². The molecule has 2 heterocycles. The Balaban J connectivity index is 0.00000242. The second-order valence-corrected chi connectivity index (χ2v) is 6.51. The fraction of sp³-hybridized carbons (Fsp3) is 0.467. The molecule has 0 aliphatic rings. The Kier molecular flexibility index (Phi) is 7.88. The standard InChI is InChI=1S/C15H23N5S.HI/c1-11(9-14-6-5-12(2)21-14)19-15(16-3)17-10-13-7-8-18-20(13)4;/h5-8,11H,9-10H2,1-4H3,(H2,16,17,19);1H. The van der Waals surface area contributed by atoms with Crippen molar-refractivity contribution in [3.8, 4) is 0 Å². The predicted molar refractivity (Wildman–Crippen MR) is 104 cm³/mol.